The number of fused-ring (bicyclic) bond motifs is 3. The molecule has 0 radical (unpaired) electrons. The second kappa shape index (κ2) is 7.47. The molecule has 5 rings (SSSR count). The van der Waals surface area contributed by atoms with Crippen LogP contribution < -0.4 is 10.6 Å². The zero-order valence-corrected chi connectivity index (χ0v) is 18.0. The first-order valence-corrected chi connectivity index (χ1v) is 10.5. The van der Waals surface area contributed by atoms with Gasteiger partial charge in [0.15, 0.2) is 5.82 Å². The van der Waals surface area contributed by atoms with Gasteiger partial charge in [-0.3, -0.25) is 4.79 Å². The zero-order chi connectivity index (χ0) is 21.5. The molecule has 0 saturated carbocycles. The van der Waals surface area contributed by atoms with Gasteiger partial charge < -0.3 is 20.2 Å². The normalized spacial score (nSPS) is 11.3. The molecule has 1 aromatic carbocycles. The van der Waals surface area contributed by atoms with E-state index in [9.17, 15) is 4.79 Å². The number of carbonyl (C=O) groups excluding carboxylic acids is 1. The molecule has 0 aliphatic carbocycles. The average molecular weight is 433 g/mol. The standard InChI is InChI=1S/C21H20N8OS/c1-11-18(31-28-27-11)21(30)23-9-12-4-6-13(7-5-12)15-8-14-17-16(24-10-29(17)3)20(22-2)26-19(14)25-15/h4-8,10H,9H2,1-3H3,(H,23,30)(H2,22,25,26). The third-order valence-electron chi connectivity index (χ3n) is 5.25. The van der Waals surface area contributed by atoms with Crippen molar-refractivity contribution < 1.29 is 4.79 Å². The molecule has 9 nitrogen and oxygen atoms in total. The summed E-state index contributed by atoms with van der Waals surface area (Å²) in [5.74, 6) is 0.591. The molecular weight excluding hydrogens is 412 g/mol. The molecule has 0 spiro atoms. The second-order valence-corrected chi connectivity index (χ2v) is 8.03. The van der Waals surface area contributed by atoms with Crippen LogP contribution in [-0.2, 0) is 13.6 Å². The fourth-order valence-corrected chi connectivity index (χ4v) is 4.21. The highest BCUT2D eigenvalue weighted by molar-refractivity contribution is 7.08. The SMILES string of the molecule is CNc1nc2[nH]c(-c3ccc(CNC(=O)c4snnc4C)cc3)cc2c2c1ncn2C. The maximum Gasteiger partial charge on any atom is 0.265 e. The summed E-state index contributed by atoms with van der Waals surface area (Å²) >= 11 is 1.11. The molecule has 1 amide bonds. The minimum absolute atomic E-state index is 0.154. The van der Waals surface area contributed by atoms with E-state index >= 15 is 0 Å². The Labute approximate surface area is 181 Å². The first kappa shape index (κ1) is 19.2. The number of H-pyrrole nitrogens is 1. The summed E-state index contributed by atoms with van der Waals surface area (Å²) in [6.07, 6.45) is 1.80. The van der Waals surface area contributed by atoms with Crippen LogP contribution in [0.5, 0.6) is 0 Å². The summed E-state index contributed by atoms with van der Waals surface area (Å²) in [5.41, 5.74) is 6.35. The minimum atomic E-state index is -0.154. The Morgan fingerprint density at radius 3 is 2.77 bits per heavy atom. The van der Waals surface area contributed by atoms with Gasteiger partial charge in [-0.25, -0.2) is 9.97 Å². The molecule has 0 aliphatic rings. The lowest BCUT2D eigenvalue weighted by molar-refractivity contribution is 0.0954. The van der Waals surface area contributed by atoms with Crippen molar-refractivity contribution in [2.45, 2.75) is 13.5 Å². The number of imidazole rings is 1. The summed E-state index contributed by atoms with van der Waals surface area (Å²) in [5, 5.41) is 10.9. The maximum absolute atomic E-state index is 12.2. The van der Waals surface area contributed by atoms with E-state index in [2.05, 4.69) is 41.2 Å². The highest BCUT2D eigenvalue weighted by Gasteiger charge is 2.15. The topological polar surface area (TPSA) is 113 Å². The largest absolute Gasteiger partial charge is 0.371 e. The van der Waals surface area contributed by atoms with Crippen LogP contribution in [0.25, 0.3) is 33.3 Å². The van der Waals surface area contributed by atoms with E-state index in [-0.39, 0.29) is 5.91 Å². The number of rotatable bonds is 5. The molecule has 156 valence electrons. The van der Waals surface area contributed by atoms with Crippen LogP contribution in [0.3, 0.4) is 0 Å². The van der Waals surface area contributed by atoms with E-state index < -0.39 is 0 Å². The molecule has 0 atom stereocenters. The molecule has 0 aliphatic heterocycles. The van der Waals surface area contributed by atoms with Gasteiger partial charge in [-0.2, -0.15) is 0 Å². The minimum Gasteiger partial charge on any atom is -0.371 e. The lowest BCUT2D eigenvalue weighted by Crippen LogP contribution is -2.22. The molecule has 5 aromatic rings. The molecule has 4 heterocycles. The predicted molar refractivity (Wildman–Crippen MR) is 121 cm³/mol. The fourth-order valence-electron chi connectivity index (χ4n) is 3.63. The summed E-state index contributed by atoms with van der Waals surface area (Å²) in [7, 11) is 3.82. The van der Waals surface area contributed by atoms with Crippen molar-refractivity contribution in [2.75, 3.05) is 12.4 Å². The molecule has 4 aromatic heterocycles. The highest BCUT2D eigenvalue weighted by atomic mass is 32.1. The molecule has 0 unspecified atom stereocenters. The fraction of sp³-hybridized carbons (Fsp3) is 0.190. The second-order valence-electron chi connectivity index (χ2n) is 7.28. The predicted octanol–water partition coefficient (Wildman–Crippen LogP) is 3.25. The van der Waals surface area contributed by atoms with Crippen LogP contribution in [0, 0.1) is 6.92 Å². The van der Waals surface area contributed by atoms with Gasteiger partial charge in [-0.05, 0) is 35.6 Å². The molecule has 0 bridgehead atoms. The molecule has 10 heteroatoms. The number of hydrogen-bond donors (Lipinski definition) is 3. The van der Waals surface area contributed by atoms with Crippen molar-refractivity contribution in [2.24, 2.45) is 7.05 Å². The number of aromatic nitrogens is 6. The Bertz CT molecular complexity index is 1410. The average Bonchev–Trinajstić information content (AvgIpc) is 3.50. The monoisotopic (exact) mass is 432 g/mol. The summed E-state index contributed by atoms with van der Waals surface area (Å²) in [6.45, 7) is 2.22. The van der Waals surface area contributed by atoms with Gasteiger partial charge in [0, 0.05) is 31.7 Å². The van der Waals surface area contributed by atoms with Gasteiger partial charge in [0.2, 0.25) is 0 Å². The number of carbonyl (C=O) groups is 1. The lowest BCUT2D eigenvalue weighted by atomic mass is 10.1. The smallest absolute Gasteiger partial charge is 0.265 e. The van der Waals surface area contributed by atoms with Crippen LogP contribution in [0.15, 0.2) is 36.7 Å². The number of aryl methyl sites for hydroxylation is 2. The molecule has 0 fully saturated rings. The molecule has 3 N–H and O–H groups in total. The zero-order valence-electron chi connectivity index (χ0n) is 17.2. The van der Waals surface area contributed by atoms with Crippen LogP contribution in [0.4, 0.5) is 5.82 Å². The van der Waals surface area contributed by atoms with Gasteiger partial charge >= 0.3 is 0 Å². The first-order valence-electron chi connectivity index (χ1n) is 9.73. The summed E-state index contributed by atoms with van der Waals surface area (Å²) < 4.78 is 5.81. The van der Waals surface area contributed by atoms with Crippen molar-refractivity contribution in [3.8, 4) is 11.3 Å². The summed E-state index contributed by atoms with van der Waals surface area (Å²) in [6, 6.07) is 10.2. The van der Waals surface area contributed by atoms with Crippen molar-refractivity contribution in [1.29, 1.82) is 0 Å². The van der Waals surface area contributed by atoms with Crippen molar-refractivity contribution >= 4 is 45.3 Å². The Balaban J connectivity index is 1.40. The van der Waals surface area contributed by atoms with E-state index in [4.69, 9.17) is 0 Å². The van der Waals surface area contributed by atoms with Crippen LogP contribution >= 0.6 is 11.5 Å². The lowest BCUT2D eigenvalue weighted by Gasteiger charge is -2.05. The van der Waals surface area contributed by atoms with Gasteiger partial charge in [0.1, 0.15) is 16.0 Å². The Morgan fingerprint density at radius 1 is 1.26 bits per heavy atom. The van der Waals surface area contributed by atoms with E-state index in [1.807, 2.05) is 42.9 Å². The van der Waals surface area contributed by atoms with E-state index in [0.29, 0.717) is 17.1 Å². The van der Waals surface area contributed by atoms with Crippen molar-refractivity contribution in [3.63, 3.8) is 0 Å². The first-order chi connectivity index (χ1) is 15.0. The number of anilines is 1. The van der Waals surface area contributed by atoms with E-state index in [1.54, 1.807) is 13.3 Å². The molecule has 31 heavy (non-hydrogen) atoms. The number of hydrogen-bond acceptors (Lipinski definition) is 7. The van der Waals surface area contributed by atoms with Crippen LogP contribution in [0.1, 0.15) is 20.9 Å². The third kappa shape index (κ3) is 3.30. The van der Waals surface area contributed by atoms with Crippen LogP contribution in [-0.4, -0.2) is 42.1 Å². The van der Waals surface area contributed by atoms with Gasteiger partial charge in [0.25, 0.3) is 5.91 Å². The van der Waals surface area contributed by atoms with Gasteiger partial charge in [-0.15, -0.1) is 5.10 Å². The van der Waals surface area contributed by atoms with Crippen LogP contribution in [0.2, 0.25) is 0 Å². The number of nitrogens with zero attached hydrogens (tertiary/aromatic N) is 5. The maximum atomic E-state index is 12.2. The van der Waals surface area contributed by atoms with E-state index in [1.165, 1.54) is 0 Å². The van der Waals surface area contributed by atoms with Gasteiger partial charge in [0.05, 0.1) is 17.5 Å². The number of nitrogens with one attached hydrogen (secondary N) is 3. The Morgan fingerprint density at radius 2 is 2.06 bits per heavy atom. The van der Waals surface area contributed by atoms with E-state index in [0.717, 1.165) is 56.2 Å². The Kier molecular flexibility index (Phi) is 4.63. The summed E-state index contributed by atoms with van der Waals surface area (Å²) in [4.78, 5) is 25.4. The number of amides is 1. The van der Waals surface area contributed by atoms with Crippen molar-refractivity contribution in [3.05, 3.63) is 52.8 Å². The Hall–Kier alpha value is -3.79. The number of pyridine rings is 1. The van der Waals surface area contributed by atoms with Crippen molar-refractivity contribution in [1.82, 2.24) is 34.4 Å². The quantitative estimate of drug-likeness (QED) is 0.393. The third-order valence-corrected chi connectivity index (χ3v) is 6.08. The molecule has 0 saturated heterocycles. The highest BCUT2D eigenvalue weighted by Crippen LogP contribution is 2.31. The van der Waals surface area contributed by atoms with Gasteiger partial charge in [-0.1, -0.05) is 28.8 Å². The number of benzene rings is 1. The molecular formula is C21H20N8OS. The number of aromatic amines is 1.